The number of hydrogen-bond acceptors (Lipinski definition) is 4. The topological polar surface area (TPSA) is 104 Å². The Morgan fingerprint density at radius 2 is 1.41 bits per heavy atom. The third-order valence-electron chi connectivity index (χ3n) is 5.42. The van der Waals surface area contributed by atoms with Crippen LogP contribution in [-0.2, 0) is 0 Å². The van der Waals surface area contributed by atoms with E-state index in [4.69, 9.17) is 0 Å². The van der Waals surface area contributed by atoms with E-state index < -0.39 is 11.9 Å². The van der Waals surface area contributed by atoms with Crippen LogP contribution in [0.15, 0.2) is 83.9 Å². The number of aromatic carboxylic acids is 2. The van der Waals surface area contributed by atoms with Gasteiger partial charge in [0.2, 0.25) is 0 Å². The summed E-state index contributed by atoms with van der Waals surface area (Å²) in [6, 6.07) is 23.6. The maximum atomic E-state index is 11.5. The summed E-state index contributed by atoms with van der Waals surface area (Å²) in [7, 11) is 0. The number of nitrogens with one attached hydrogen (secondary N) is 1. The molecule has 0 saturated heterocycles. The number of anilines is 2. The number of hydrogen-bond donors (Lipinski definition) is 3. The molecular weight excluding hydrogens is 430 g/mol. The molecule has 0 unspecified atom stereocenters. The molecule has 0 amide bonds. The molecule has 3 aromatic carbocycles. The van der Waals surface area contributed by atoms with Gasteiger partial charge >= 0.3 is 11.9 Å². The maximum Gasteiger partial charge on any atom is 0.335 e. The molecule has 1 aromatic heterocycles. The van der Waals surface area contributed by atoms with Gasteiger partial charge in [-0.1, -0.05) is 18.2 Å². The van der Waals surface area contributed by atoms with Crippen LogP contribution in [0.25, 0.3) is 5.69 Å². The van der Waals surface area contributed by atoms with Crippen molar-refractivity contribution >= 4 is 35.2 Å². The zero-order valence-electron chi connectivity index (χ0n) is 18.7. The highest BCUT2D eigenvalue weighted by Crippen LogP contribution is 2.24. The number of aromatic nitrogens is 1. The summed E-state index contributed by atoms with van der Waals surface area (Å²) in [6.45, 7) is 3.76. The van der Waals surface area contributed by atoms with Crippen molar-refractivity contribution < 1.29 is 19.8 Å². The second-order valence-corrected chi connectivity index (χ2v) is 7.84. The number of aliphatic imine (C=N–C) groups is 1. The Balaban J connectivity index is 1.60. The molecular formula is C27H23N3O4. The summed E-state index contributed by atoms with van der Waals surface area (Å²) < 4.78 is 1.83. The lowest BCUT2D eigenvalue weighted by Gasteiger charge is -2.12. The Kier molecular flexibility index (Phi) is 6.27. The Morgan fingerprint density at radius 3 is 2.00 bits per heavy atom. The number of carboxylic acid groups (broad SMARTS) is 2. The second kappa shape index (κ2) is 9.46. The highest BCUT2D eigenvalue weighted by molar-refractivity contribution is 5.95. The molecule has 34 heavy (non-hydrogen) atoms. The van der Waals surface area contributed by atoms with Crippen molar-refractivity contribution in [2.45, 2.75) is 13.8 Å². The van der Waals surface area contributed by atoms with Gasteiger partial charge in [0.25, 0.3) is 0 Å². The van der Waals surface area contributed by atoms with Crippen LogP contribution < -0.4 is 5.32 Å². The van der Waals surface area contributed by atoms with E-state index in [2.05, 4.69) is 10.3 Å². The van der Waals surface area contributed by atoms with Crippen LogP contribution in [0.2, 0.25) is 0 Å². The molecule has 1 heterocycles. The number of carbonyl (C=O) groups is 2. The molecule has 4 aromatic rings. The van der Waals surface area contributed by atoms with E-state index in [9.17, 15) is 19.8 Å². The fraction of sp³-hybridized carbons (Fsp3) is 0.0741. The van der Waals surface area contributed by atoms with Crippen LogP contribution in [0, 0.1) is 13.8 Å². The van der Waals surface area contributed by atoms with Crippen LogP contribution in [0.5, 0.6) is 0 Å². The van der Waals surface area contributed by atoms with Gasteiger partial charge in [-0.05, 0) is 74.5 Å². The van der Waals surface area contributed by atoms with Gasteiger partial charge in [0.05, 0.1) is 16.8 Å². The Labute approximate surface area is 196 Å². The number of rotatable bonds is 7. The molecule has 7 nitrogen and oxygen atoms in total. The predicted octanol–water partition coefficient (Wildman–Crippen LogP) is 5.98. The van der Waals surface area contributed by atoms with Gasteiger partial charge in [0.15, 0.2) is 0 Å². The lowest BCUT2D eigenvalue weighted by Crippen LogP contribution is -2.07. The molecule has 3 N–H and O–H groups in total. The van der Waals surface area contributed by atoms with Crippen molar-refractivity contribution in [2.24, 2.45) is 4.99 Å². The fourth-order valence-corrected chi connectivity index (χ4v) is 3.77. The van der Waals surface area contributed by atoms with E-state index in [1.165, 1.54) is 12.1 Å². The summed E-state index contributed by atoms with van der Waals surface area (Å²) in [5, 5.41) is 22.1. The van der Waals surface area contributed by atoms with Gasteiger partial charge in [-0.3, -0.25) is 4.99 Å². The number of nitrogens with zero attached hydrogens (tertiary/aromatic N) is 2. The predicted molar refractivity (Wildman–Crippen MR) is 133 cm³/mol. The fourth-order valence-electron chi connectivity index (χ4n) is 3.77. The first-order valence-electron chi connectivity index (χ1n) is 10.6. The summed E-state index contributed by atoms with van der Waals surface area (Å²) >= 11 is 0. The van der Waals surface area contributed by atoms with Crippen LogP contribution in [0.1, 0.15) is 37.7 Å². The van der Waals surface area contributed by atoms with E-state index in [-0.39, 0.29) is 11.1 Å². The zero-order valence-corrected chi connectivity index (χ0v) is 18.7. The van der Waals surface area contributed by atoms with Crippen molar-refractivity contribution in [1.29, 1.82) is 0 Å². The zero-order chi connectivity index (χ0) is 24.2. The molecule has 7 heteroatoms. The molecule has 170 valence electrons. The molecule has 0 spiro atoms. The van der Waals surface area contributed by atoms with Gasteiger partial charge in [-0.15, -0.1) is 0 Å². The monoisotopic (exact) mass is 453 g/mol. The molecule has 0 aliphatic rings. The Bertz CT molecular complexity index is 1360. The molecule has 4 rings (SSSR count). The largest absolute Gasteiger partial charge is 0.478 e. The first-order valence-corrected chi connectivity index (χ1v) is 10.6. The van der Waals surface area contributed by atoms with Crippen molar-refractivity contribution in [3.05, 3.63) is 107 Å². The second-order valence-electron chi connectivity index (χ2n) is 7.84. The average Bonchev–Trinajstić information content (AvgIpc) is 3.11. The van der Waals surface area contributed by atoms with E-state index in [0.717, 1.165) is 40.1 Å². The molecule has 0 fully saturated rings. The molecule has 0 aliphatic heterocycles. The van der Waals surface area contributed by atoms with Crippen molar-refractivity contribution in [1.82, 2.24) is 4.57 Å². The Hall–Kier alpha value is -4.65. The summed E-state index contributed by atoms with van der Waals surface area (Å²) in [5.74, 6) is -2.36. The normalized spacial score (nSPS) is 11.0. The van der Waals surface area contributed by atoms with Crippen molar-refractivity contribution in [2.75, 3.05) is 5.32 Å². The first kappa shape index (κ1) is 22.5. The summed E-state index contributed by atoms with van der Waals surface area (Å²) in [4.78, 5) is 27.6. The lowest BCUT2D eigenvalue weighted by atomic mass is 10.1. The molecule has 0 radical (unpaired) electrons. The van der Waals surface area contributed by atoms with E-state index in [0.29, 0.717) is 5.69 Å². The van der Waals surface area contributed by atoms with E-state index in [1.807, 2.05) is 79.1 Å². The van der Waals surface area contributed by atoms with Crippen LogP contribution in [0.3, 0.4) is 0 Å². The summed E-state index contributed by atoms with van der Waals surface area (Å²) in [6.07, 6.45) is 1.75. The van der Waals surface area contributed by atoms with Gasteiger partial charge in [-0.2, -0.15) is 0 Å². The lowest BCUT2D eigenvalue weighted by molar-refractivity contribution is 0.0696. The van der Waals surface area contributed by atoms with E-state index in [1.54, 1.807) is 6.21 Å². The molecule has 0 saturated carbocycles. The van der Waals surface area contributed by atoms with Crippen molar-refractivity contribution in [3.63, 3.8) is 0 Å². The van der Waals surface area contributed by atoms with Gasteiger partial charge < -0.3 is 20.1 Å². The smallest absolute Gasteiger partial charge is 0.335 e. The molecule has 0 atom stereocenters. The SMILES string of the molecule is Cc1cc(C=Nc2ccc(Nc3ccccc3)cc2)c(C)n1-c1cc(C(=O)O)cc(C(=O)O)c1. The minimum absolute atomic E-state index is 0.0816. The van der Waals surface area contributed by atoms with Gasteiger partial charge in [-0.25, -0.2) is 9.59 Å². The van der Waals surface area contributed by atoms with Crippen LogP contribution in [-0.4, -0.2) is 32.9 Å². The van der Waals surface area contributed by atoms with Gasteiger partial charge in [0.1, 0.15) is 0 Å². The average molecular weight is 453 g/mol. The first-order chi connectivity index (χ1) is 16.3. The van der Waals surface area contributed by atoms with Gasteiger partial charge in [0, 0.05) is 40.2 Å². The van der Waals surface area contributed by atoms with Crippen LogP contribution >= 0.6 is 0 Å². The Morgan fingerprint density at radius 1 is 0.824 bits per heavy atom. The standard InChI is InChI=1S/C27H23N3O4/c1-17-12-21(16-28-22-8-10-24(11-9-22)29-23-6-4-3-5-7-23)18(2)30(17)25-14-19(26(31)32)13-20(15-25)27(33)34/h3-16,29H,1-2H3,(H,31,32)(H,33,34). The number of aryl methyl sites for hydroxylation is 1. The van der Waals surface area contributed by atoms with Crippen LogP contribution in [0.4, 0.5) is 17.1 Å². The number of carboxylic acids is 2. The molecule has 0 bridgehead atoms. The quantitative estimate of drug-likeness (QED) is 0.298. The van der Waals surface area contributed by atoms with E-state index >= 15 is 0 Å². The summed E-state index contributed by atoms with van der Waals surface area (Å²) in [5.41, 5.74) is 5.56. The highest BCUT2D eigenvalue weighted by atomic mass is 16.4. The third kappa shape index (κ3) is 4.88. The van der Waals surface area contributed by atoms with Crippen molar-refractivity contribution in [3.8, 4) is 5.69 Å². The molecule has 0 aliphatic carbocycles. The number of benzene rings is 3. The minimum Gasteiger partial charge on any atom is -0.478 e. The third-order valence-corrected chi connectivity index (χ3v) is 5.42. The minimum atomic E-state index is -1.18. The highest BCUT2D eigenvalue weighted by Gasteiger charge is 2.16. The maximum absolute atomic E-state index is 11.5. The number of para-hydroxylation sites is 1.